The fraction of sp³-hybridized carbons (Fsp3) is 0.129. The minimum atomic E-state index is -2.07. The summed E-state index contributed by atoms with van der Waals surface area (Å²) in [7, 11) is -4.14. The lowest BCUT2D eigenvalue weighted by Gasteiger charge is -2.36. The first-order chi connectivity index (χ1) is 31.3. The van der Waals surface area contributed by atoms with Gasteiger partial charge in [0.05, 0.1) is 0 Å². The normalized spacial score (nSPS) is 18.6. The molecule has 0 aliphatic heterocycles. The molecular weight excluding hydrogens is 801 g/mol. The van der Waals surface area contributed by atoms with Crippen LogP contribution in [0.4, 0.5) is 0 Å². The molecule has 7 aromatic rings. The van der Waals surface area contributed by atoms with Crippen LogP contribution in [0.5, 0.6) is 0 Å². The van der Waals surface area contributed by atoms with E-state index < -0.39 is 16.1 Å². The van der Waals surface area contributed by atoms with E-state index in [0.29, 0.717) is 11.8 Å². The van der Waals surface area contributed by atoms with Crippen molar-refractivity contribution < 1.29 is 0 Å². The second-order valence-electron chi connectivity index (χ2n) is 19.8. The zero-order valence-electron chi connectivity index (χ0n) is 37.0. The van der Waals surface area contributed by atoms with Crippen molar-refractivity contribution in [3.63, 3.8) is 0 Å². The lowest BCUT2D eigenvalue weighted by molar-refractivity contribution is 0.894. The van der Waals surface area contributed by atoms with Gasteiger partial charge in [0.2, 0.25) is 0 Å². The molecular formula is C62H50Si2. The van der Waals surface area contributed by atoms with E-state index in [9.17, 15) is 0 Å². The molecule has 0 amide bonds. The van der Waals surface area contributed by atoms with Gasteiger partial charge in [-0.05, 0) is 123 Å². The summed E-state index contributed by atoms with van der Waals surface area (Å²) in [6.07, 6.45) is 30.2. The van der Waals surface area contributed by atoms with E-state index in [2.05, 4.69) is 220 Å². The van der Waals surface area contributed by atoms with Gasteiger partial charge in [-0.15, -0.1) is 0 Å². The third kappa shape index (κ3) is 5.46. The van der Waals surface area contributed by atoms with E-state index in [4.69, 9.17) is 0 Å². The van der Waals surface area contributed by atoms with Crippen LogP contribution in [0.15, 0.2) is 204 Å². The molecule has 13 rings (SSSR count). The Morgan fingerprint density at radius 1 is 0.391 bits per heavy atom. The van der Waals surface area contributed by atoms with Crippen LogP contribution >= 0.6 is 0 Å². The maximum absolute atomic E-state index is 2.54. The quantitative estimate of drug-likeness (QED) is 0.116. The van der Waals surface area contributed by atoms with Crippen LogP contribution in [0.2, 0.25) is 26.2 Å². The van der Waals surface area contributed by atoms with Crippen molar-refractivity contribution in [1.82, 2.24) is 0 Å². The van der Waals surface area contributed by atoms with Gasteiger partial charge in [-0.1, -0.05) is 231 Å². The van der Waals surface area contributed by atoms with Crippen LogP contribution in [0, 0.1) is 0 Å². The van der Waals surface area contributed by atoms with Crippen molar-refractivity contribution in [3.8, 4) is 22.3 Å². The van der Waals surface area contributed by atoms with Crippen molar-refractivity contribution in [1.29, 1.82) is 0 Å². The molecule has 0 nitrogen and oxygen atoms in total. The maximum Gasteiger partial charge on any atom is 0.113 e. The van der Waals surface area contributed by atoms with Gasteiger partial charge in [-0.3, -0.25) is 0 Å². The topological polar surface area (TPSA) is 0 Å². The van der Waals surface area contributed by atoms with E-state index in [-0.39, 0.29) is 0 Å². The molecule has 0 saturated heterocycles. The minimum absolute atomic E-state index is 0.379. The Balaban J connectivity index is 0.873. The highest BCUT2D eigenvalue weighted by molar-refractivity contribution is 7.01. The first-order valence-electron chi connectivity index (χ1n) is 23.3. The van der Waals surface area contributed by atoms with E-state index in [0.717, 1.165) is 12.8 Å². The lowest BCUT2D eigenvalue weighted by Crippen LogP contribution is -2.54. The Bertz CT molecular complexity index is 3170. The molecule has 64 heavy (non-hydrogen) atoms. The number of fused-ring (bicyclic) bond motifs is 2. The standard InChI is InChI=1S/C62H50Si2/c1-63(2,55-37-29-45-21-19-39-11-9-13-41-27-35-53(55)61(45)57(39)41)47-31-23-43(24-32-47)59-49-15-5-7-17-51(49)60(52-18-8-6-16-50(52)59)44-25-33-48(34-26-44)64(3,4)56-38-30-46-22-20-40-12-10-14-42-28-36-54(56)62(46)58(40)42/h5-20,23-38,57-58H,21-22H2,1-4H3. The van der Waals surface area contributed by atoms with Crippen LogP contribution < -0.4 is 20.7 Å². The molecule has 0 bridgehead atoms. The molecule has 2 unspecified atom stereocenters. The second-order valence-corrected chi connectivity index (χ2v) is 28.6. The molecule has 6 aliphatic rings. The predicted octanol–water partition coefficient (Wildman–Crippen LogP) is 13.2. The van der Waals surface area contributed by atoms with Gasteiger partial charge in [0.15, 0.2) is 0 Å². The van der Waals surface area contributed by atoms with E-state index in [1.165, 1.54) is 98.7 Å². The first kappa shape index (κ1) is 37.9. The van der Waals surface area contributed by atoms with Crippen molar-refractivity contribution in [2.45, 2.75) is 50.9 Å². The zero-order valence-corrected chi connectivity index (χ0v) is 39.0. The Hall–Kier alpha value is -6.59. The molecule has 0 heterocycles. The molecule has 0 radical (unpaired) electrons. The SMILES string of the molecule is C[Si](C)(c1ccc(-c2c3ccccc3c(-c3ccc([Si](C)(C)c4ccc5c6c4C=CC4=CC=CC(=CC5)C46)cc3)c3ccccc23)cc1)c1ccc2c3c1C=CC1=CC=CC(=CC2)C13. The number of hydrogen-bond acceptors (Lipinski definition) is 0. The molecule has 7 aromatic carbocycles. The third-order valence-corrected chi connectivity index (χ3v) is 23.0. The van der Waals surface area contributed by atoms with Gasteiger partial charge in [0.25, 0.3) is 0 Å². The molecule has 0 aromatic heterocycles. The number of rotatable bonds is 6. The van der Waals surface area contributed by atoms with Crippen molar-refractivity contribution >= 4 is 70.6 Å². The summed E-state index contributed by atoms with van der Waals surface area (Å²) in [5.74, 6) is 0.758. The van der Waals surface area contributed by atoms with Crippen molar-refractivity contribution in [2.24, 2.45) is 0 Å². The van der Waals surface area contributed by atoms with Gasteiger partial charge >= 0.3 is 0 Å². The molecule has 0 saturated carbocycles. The summed E-state index contributed by atoms with van der Waals surface area (Å²) in [5, 5.41) is 11.2. The average molecular weight is 851 g/mol. The minimum Gasteiger partial charge on any atom is -0.0759 e. The Morgan fingerprint density at radius 2 is 0.781 bits per heavy atom. The van der Waals surface area contributed by atoms with E-state index >= 15 is 0 Å². The average Bonchev–Trinajstić information content (AvgIpc) is 3.34. The number of hydrogen-bond donors (Lipinski definition) is 0. The van der Waals surface area contributed by atoms with Gasteiger partial charge < -0.3 is 0 Å². The fourth-order valence-corrected chi connectivity index (χ4v) is 17.9. The number of benzene rings is 7. The van der Waals surface area contributed by atoms with Gasteiger partial charge in [-0.2, -0.15) is 0 Å². The van der Waals surface area contributed by atoms with Crippen molar-refractivity contribution in [3.05, 3.63) is 238 Å². The van der Waals surface area contributed by atoms with E-state index in [1.54, 1.807) is 21.5 Å². The monoisotopic (exact) mass is 850 g/mol. The highest BCUT2D eigenvalue weighted by atomic mass is 28.3. The highest BCUT2D eigenvalue weighted by Crippen LogP contribution is 2.48. The molecule has 306 valence electrons. The maximum atomic E-state index is 2.54. The van der Waals surface area contributed by atoms with Crippen LogP contribution in [-0.2, 0) is 12.8 Å². The Morgan fingerprint density at radius 3 is 1.17 bits per heavy atom. The van der Waals surface area contributed by atoms with E-state index in [1.807, 2.05) is 0 Å². The Kier molecular flexibility index (Phi) is 8.27. The predicted molar refractivity (Wildman–Crippen MR) is 280 cm³/mol. The molecule has 0 N–H and O–H groups in total. The second kappa shape index (κ2) is 14.0. The largest absolute Gasteiger partial charge is 0.113 e. The fourth-order valence-electron chi connectivity index (χ4n) is 12.5. The summed E-state index contributed by atoms with van der Waals surface area (Å²) >= 11 is 0. The van der Waals surface area contributed by atoms with Crippen LogP contribution in [0.3, 0.4) is 0 Å². The highest BCUT2D eigenvalue weighted by Gasteiger charge is 2.38. The summed E-state index contributed by atoms with van der Waals surface area (Å²) in [5.41, 5.74) is 20.0. The van der Waals surface area contributed by atoms with Crippen molar-refractivity contribution in [2.75, 3.05) is 0 Å². The summed E-state index contributed by atoms with van der Waals surface area (Å²) in [6, 6.07) is 47.5. The molecule has 6 aliphatic carbocycles. The summed E-state index contributed by atoms with van der Waals surface area (Å²) in [6.45, 7) is 10.2. The molecule has 2 atom stereocenters. The van der Waals surface area contributed by atoms with Gasteiger partial charge in [0, 0.05) is 11.8 Å². The molecule has 0 spiro atoms. The smallest absolute Gasteiger partial charge is 0.0759 e. The van der Waals surface area contributed by atoms with Gasteiger partial charge in [-0.25, -0.2) is 0 Å². The van der Waals surface area contributed by atoms with Crippen LogP contribution in [0.1, 0.15) is 45.2 Å². The first-order valence-corrected chi connectivity index (χ1v) is 29.3. The lowest BCUT2D eigenvalue weighted by atomic mass is 9.71. The summed E-state index contributed by atoms with van der Waals surface area (Å²) in [4.78, 5) is 0. The third-order valence-electron chi connectivity index (χ3n) is 15.9. The molecule has 2 heteroatoms. The number of allylic oxidation sites excluding steroid dienone is 14. The summed E-state index contributed by atoms with van der Waals surface area (Å²) < 4.78 is 0. The van der Waals surface area contributed by atoms with Gasteiger partial charge in [0.1, 0.15) is 16.1 Å². The van der Waals surface area contributed by atoms with Crippen LogP contribution in [0.25, 0.3) is 56.0 Å². The zero-order chi connectivity index (χ0) is 42.9. The van der Waals surface area contributed by atoms with Crippen LogP contribution in [-0.4, -0.2) is 16.1 Å². The Labute approximate surface area is 379 Å². The molecule has 0 fully saturated rings.